The van der Waals surface area contributed by atoms with Crippen LogP contribution in [-0.2, 0) is 6.54 Å². The van der Waals surface area contributed by atoms with Crippen LogP contribution < -0.4 is 10.6 Å². The SMILES string of the molecule is C/C=C/CCNC[C@H]1CCCN1Cc1cccs1.CN1CCNC[C@H]1c1ccc(Cl)c(Cl)c1.Cc1cc(C)cc(O)c1. The van der Waals surface area contributed by atoms with Crippen LogP contribution in [0.4, 0.5) is 0 Å². The molecule has 8 heteroatoms. The van der Waals surface area contributed by atoms with Crippen molar-refractivity contribution in [2.45, 2.75) is 58.7 Å². The number of rotatable bonds is 8. The molecule has 2 atom stereocenters. The van der Waals surface area contributed by atoms with Gasteiger partial charge in [0, 0.05) is 49.7 Å². The highest BCUT2D eigenvalue weighted by Gasteiger charge is 2.24. The molecule has 2 fully saturated rings. The predicted octanol–water partition coefficient (Wildman–Crippen LogP) is 7.85. The average Bonchev–Trinajstić information content (AvgIpc) is 3.63. The third-order valence-corrected chi connectivity index (χ3v) is 9.19. The number of piperazine rings is 1. The second-order valence-electron chi connectivity index (χ2n) is 11.1. The lowest BCUT2D eigenvalue weighted by Crippen LogP contribution is -2.43. The molecule has 2 saturated heterocycles. The molecule has 3 N–H and O–H groups in total. The van der Waals surface area contributed by atoms with Gasteiger partial charge in [0.25, 0.3) is 0 Å². The number of allylic oxidation sites excluding steroid dienone is 1. The van der Waals surface area contributed by atoms with Gasteiger partial charge in [-0.1, -0.05) is 53.6 Å². The van der Waals surface area contributed by atoms with Gasteiger partial charge in [-0.3, -0.25) is 9.80 Å². The second-order valence-corrected chi connectivity index (χ2v) is 13.0. The van der Waals surface area contributed by atoms with Gasteiger partial charge in [-0.05, 0) is 113 Å². The van der Waals surface area contributed by atoms with E-state index in [2.05, 4.69) is 64.1 Å². The van der Waals surface area contributed by atoms with Crippen molar-refractivity contribution in [2.75, 3.05) is 46.3 Å². The molecule has 0 spiro atoms. The molecule has 3 aromatic rings. The highest BCUT2D eigenvalue weighted by Crippen LogP contribution is 2.28. The molecule has 0 radical (unpaired) electrons. The van der Waals surface area contributed by atoms with Crippen LogP contribution in [0.15, 0.2) is 66.1 Å². The summed E-state index contributed by atoms with van der Waals surface area (Å²) in [5, 5.41) is 19.4. The van der Waals surface area contributed by atoms with E-state index >= 15 is 0 Å². The molecule has 2 aromatic carbocycles. The van der Waals surface area contributed by atoms with Crippen LogP contribution in [0.3, 0.4) is 0 Å². The van der Waals surface area contributed by atoms with Gasteiger partial charge < -0.3 is 15.7 Å². The topological polar surface area (TPSA) is 50.8 Å². The van der Waals surface area contributed by atoms with Gasteiger partial charge in [-0.25, -0.2) is 0 Å². The Labute approximate surface area is 267 Å². The molecule has 0 saturated carbocycles. The number of nitrogens with zero attached hydrogens (tertiary/aromatic N) is 2. The van der Waals surface area contributed by atoms with Crippen LogP contribution in [0.2, 0.25) is 10.0 Å². The molecule has 5 rings (SSSR count). The summed E-state index contributed by atoms with van der Waals surface area (Å²) in [7, 11) is 2.13. The van der Waals surface area contributed by atoms with E-state index in [1.165, 1.54) is 29.8 Å². The van der Waals surface area contributed by atoms with Crippen molar-refractivity contribution in [2.24, 2.45) is 0 Å². The molecule has 1 aromatic heterocycles. The van der Waals surface area contributed by atoms with Gasteiger partial charge in [0.05, 0.1) is 10.0 Å². The van der Waals surface area contributed by atoms with Crippen molar-refractivity contribution in [3.8, 4) is 5.75 Å². The zero-order chi connectivity index (χ0) is 30.3. The summed E-state index contributed by atoms with van der Waals surface area (Å²) in [6.07, 6.45) is 8.20. The van der Waals surface area contributed by atoms with Gasteiger partial charge in [-0.2, -0.15) is 0 Å². The molecule has 3 heterocycles. The Hall–Kier alpha value is -1.90. The van der Waals surface area contributed by atoms with E-state index in [-0.39, 0.29) is 0 Å². The molecule has 230 valence electrons. The Morgan fingerprint density at radius 1 is 1.07 bits per heavy atom. The number of benzene rings is 2. The van der Waals surface area contributed by atoms with Crippen LogP contribution in [0, 0.1) is 13.8 Å². The van der Waals surface area contributed by atoms with Gasteiger partial charge in [0.2, 0.25) is 0 Å². The predicted molar refractivity (Wildman–Crippen MR) is 182 cm³/mol. The molecular formula is C34H48Cl2N4OS. The summed E-state index contributed by atoms with van der Waals surface area (Å²) in [5.41, 5.74) is 3.43. The van der Waals surface area contributed by atoms with Crippen LogP contribution in [0.5, 0.6) is 5.75 Å². The minimum Gasteiger partial charge on any atom is -0.508 e. The first-order valence-electron chi connectivity index (χ1n) is 15.0. The number of phenolic OH excluding ortho intramolecular Hbond substituents is 1. The van der Waals surface area contributed by atoms with Gasteiger partial charge in [0.1, 0.15) is 5.75 Å². The maximum Gasteiger partial charge on any atom is 0.116 e. The molecule has 2 aliphatic heterocycles. The van der Waals surface area contributed by atoms with Gasteiger partial charge in [0.15, 0.2) is 0 Å². The van der Waals surface area contributed by atoms with Crippen LogP contribution in [-0.4, -0.2) is 67.3 Å². The standard InChI is InChI=1S/C15H24N2S.C11H14Cl2N2.C8H10O/c1-2-3-4-9-16-12-14-7-5-10-17(14)13-15-8-6-11-18-15;1-15-5-4-14-7-11(15)8-2-3-9(12)10(13)6-8;1-6-3-7(2)5-8(9)4-6/h2-3,6,8,11,14,16H,4-5,7,9-10,12-13H2,1H3;2-3,6,11,14H,4-5,7H2,1H3;3-5,9H,1-2H3/b3-2+;;/t14-;11-;/m10./s1. The van der Waals surface area contributed by atoms with Crippen molar-refractivity contribution in [3.63, 3.8) is 0 Å². The Balaban J connectivity index is 0.000000182. The minimum atomic E-state index is 0.354. The number of aromatic hydroxyl groups is 1. The van der Waals surface area contributed by atoms with Crippen molar-refractivity contribution in [1.82, 2.24) is 20.4 Å². The third kappa shape index (κ3) is 12.0. The normalized spacial score (nSPS) is 19.3. The van der Waals surface area contributed by atoms with Crippen molar-refractivity contribution in [3.05, 3.63) is 97.7 Å². The fraction of sp³-hybridized carbons (Fsp3) is 0.471. The van der Waals surface area contributed by atoms with E-state index in [1.54, 1.807) is 12.1 Å². The van der Waals surface area contributed by atoms with E-state index in [4.69, 9.17) is 28.3 Å². The summed E-state index contributed by atoms with van der Waals surface area (Å²) in [4.78, 5) is 6.46. The Morgan fingerprint density at radius 2 is 1.86 bits per heavy atom. The number of phenols is 1. The zero-order valence-electron chi connectivity index (χ0n) is 25.6. The smallest absolute Gasteiger partial charge is 0.116 e. The maximum atomic E-state index is 8.99. The summed E-state index contributed by atoms with van der Waals surface area (Å²) >= 11 is 13.8. The molecule has 2 aliphatic rings. The van der Waals surface area contributed by atoms with Crippen LogP contribution >= 0.6 is 34.5 Å². The Kier molecular flexibility index (Phi) is 15.4. The number of likely N-dealkylation sites (N-methyl/N-ethyl adjacent to an activating group) is 1. The summed E-state index contributed by atoms with van der Waals surface area (Å²) in [5.74, 6) is 0.354. The van der Waals surface area contributed by atoms with Gasteiger partial charge in [-0.15, -0.1) is 11.3 Å². The van der Waals surface area contributed by atoms with Crippen molar-refractivity contribution in [1.29, 1.82) is 0 Å². The minimum absolute atomic E-state index is 0.354. The lowest BCUT2D eigenvalue weighted by atomic mass is 10.0. The summed E-state index contributed by atoms with van der Waals surface area (Å²) in [6.45, 7) is 13.7. The maximum absolute atomic E-state index is 8.99. The van der Waals surface area contributed by atoms with E-state index in [0.717, 1.165) is 62.9 Å². The third-order valence-electron chi connectivity index (χ3n) is 7.59. The quantitative estimate of drug-likeness (QED) is 0.175. The first kappa shape index (κ1) is 34.6. The highest BCUT2D eigenvalue weighted by molar-refractivity contribution is 7.09. The van der Waals surface area contributed by atoms with Gasteiger partial charge >= 0.3 is 0 Å². The molecule has 0 unspecified atom stereocenters. The van der Waals surface area contributed by atoms with Crippen molar-refractivity contribution >= 4 is 34.5 Å². The fourth-order valence-corrected chi connectivity index (χ4v) is 6.44. The molecular weight excluding hydrogens is 583 g/mol. The lowest BCUT2D eigenvalue weighted by molar-refractivity contribution is 0.202. The monoisotopic (exact) mass is 630 g/mol. The number of hydrogen-bond donors (Lipinski definition) is 3. The molecule has 0 amide bonds. The number of aryl methyl sites for hydroxylation is 2. The van der Waals surface area contributed by atoms with Crippen LogP contribution in [0.1, 0.15) is 53.8 Å². The largest absolute Gasteiger partial charge is 0.508 e. The van der Waals surface area contributed by atoms with E-state index < -0.39 is 0 Å². The van der Waals surface area contributed by atoms with E-state index in [1.807, 2.05) is 49.4 Å². The Bertz CT molecular complexity index is 1170. The first-order chi connectivity index (χ1) is 20.3. The number of likely N-dealkylation sites (tertiary alicyclic amines) is 1. The Morgan fingerprint density at radius 3 is 2.50 bits per heavy atom. The van der Waals surface area contributed by atoms with E-state index in [9.17, 15) is 0 Å². The first-order valence-corrected chi connectivity index (χ1v) is 16.6. The van der Waals surface area contributed by atoms with Crippen LogP contribution in [0.25, 0.3) is 0 Å². The summed E-state index contributed by atoms with van der Waals surface area (Å²) < 4.78 is 0. The molecule has 42 heavy (non-hydrogen) atoms. The fourth-order valence-electron chi connectivity index (χ4n) is 5.41. The number of thiophene rings is 1. The summed E-state index contributed by atoms with van der Waals surface area (Å²) in [6, 6.07) is 16.9. The zero-order valence-corrected chi connectivity index (χ0v) is 27.9. The van der Waals surface area contributed by atoms with Crippen molar-refractivity contribution < 1.29 is 5.11 Å². The highest BCUT2D eigenvalue weighted by atomic mass is 35.5. The molecule has 0 aliphatic carbocycles. The number of halogens is 2. The molecule has 0 bridgehead atoms. The molecule has 5 nitrogen and oxygen atoms in total. The average molecular weight is 632 g/mol. The second kappa shape index (κ2) is 18.7. The number of nitrogens with one attached hydrogen (secondary N) is 2. The van der Waals surface area contributed by atoms with E-state index in [0.29, 0.717) is 21.8 Å². The number of hydrogen-bond acceptors (Lipinski definition) is 6. The lowest BCUT2D eigenvalue weighted by Gasteiger charge is -2.33.